The Balaban J connectivity index is 1.97. The van der Waals surface area contributed by atoms with Crippen LogP contribution in [0.25, 0.3) is 16.2 Å². The minimum Gasteiger partial charge on any atom is -0.477 e. The Kier molecular flexibility index (Phi) is 3.70. The summed E-state index contributed by atoms with van der Waals surface area (Å²) in [4.78, 5) is 38.8. The maximum Gasteiger partial charge on any atom is 0.341 e. The van der Waals surface area contributed by atoms with Gasteiger partial charge in [-0.3, -0.25) is 9.36 Å². The maximum atomic E-state index is 12.5. The van der Waals surface area contributed by atoms with Gasteiger partial charge in [0.05, 0.1) is 5.39 Å². The molecule has 0 spiro atoms. The summed E-state index contributed by atoms with van der Waals surface area (Å²) in [5.74, 6) is -0.833. The number of anilines is 1. The molecule has 3 aromatic heterocycles. The normalized spacial score (nSPS) is 17.3. The average Bonchev–Trinajstić information content (AvgIpc) is 3.26. The van der Waals surface area contributed by atoms with Crippen LogP contribution in [0.3, 0.4) is 0 Å². The average molecular weight is 358 g/mol. The fraction of sp³-hybridized carbons (Fsp3) is 0.267. The highest BCUT2D eigenvalue weighted by atomic mass is 32.1. The Morgan fingerprint density at radius 3 is 2.88 bits per heavy atom. The van der Waals surface area contributed by atoms with Gasteiger partial charge in [-0.25, -0.2) is 14.8 Å². The van der Waals surface area contributed by atoms with E-state index in [1.807, 2.05) is 4.90 Å². The summed E-state index contributed by atoms with van der Waals surface area (Å²) in [5.41, 5.74) is 5.31. The van der Waals surface area contributed by atoms with Crippen molar-refractivity contribution in [2.24, 2.45) is 5.73 Å². The van der Waals surface area contributed by atoms with Crippen molar-refractivity contribution in [2.75, 3.05) is 18.0 Å². The van der Waals surface area contributed by atoms with Crippen molar-refractivity contribution in [3.8, 4) is 5.13 Å². The summed E-state index contributed by atoms with van der Waals surface area (Å²) in [6.07, 6.45) is 5.09. The number of carboxylic acids is 1. The standard InChI is InChI=1S/C15H14N6O3S/c16-8-1-3-20(6-8)14-18-5-9-11(22)10(13(23)24)7-21(12(9)19-14)15-17-2-4-25-15/h2,4-5,7-8H,1,3,6,16H2,(H,23,24). The zero-order valence-corrected chi connectivity index (χ0v) is 13.8. The van der Waals surface area contributed by atoms with Crippen LogP contribution in [0.5, 0.6) is 0 Å². The van der Waals surface area contributed by atoms with Gasteiger partial charge in [0.2, 0.25) is 11.4 Å². The van der Waals surface area contributed by atoms with Crippen LogP contribution in [0.2, 0.25) is 0 Å². The van der Waals surface area contributed by atoms with E-state index in [9.17, 15) is 14.7 Å². The second-order valence-electron chi connectivity index (χ2n) is 5.76. The van der Waals surface area contributed by atoms with Gasteiger partial charge < -0.3 is 15.7 Å². The first kappa shape index (κ1) is 15.7. The first-order valence-electron chi connectivity index (χ1n) is 7.60. The van der Waals surface area contributed by atoms with E-state index >= 15 is 0 Å². The number of aromatic nitrogens is 4. The van der Waals surface area contributed by atoms with E-state index in [4.69, 9.17) is 5.73 Å². The topological polar surface area (TPSA) is 127 Å². The third-order valence-electron chi connectivity index (χ3n) is 4.09. The lowest BCUT2D eigenvalue weighted by Crippen LogP contribution is -2.28. The Bertz CT molecular complexity index is 1020. The second-order valence-corrected chi connectivity index (χ2v) is 6.64. The minimum absolute atomic E-state index is 0.0647. The van der Waals surface area contributed by atoms with Gasteiger partial charge in [0, 0.05) is 43.1 Å². The van der Waals surface area contributed by atoms with Crippen molar-refractivity contribution < 1.29 is 9.90 Å². The van der Waals surface area contributed by atoms with Gasteiger partial charge in [-0.15, -0.1) is 11.3 Å². The van der Waals surface area contributed by atoms with Crippen LogP contribution in [-0.4, -0.2) is 49.7 Å². The molecular formula is C15H14N6O3S. The second kappa shape index (κ2) is 5.90. The maximum absolute atomic E-state index is 12.5. The molecule has 25 heavy (non-hydrogen) atoms. The van der Waals surface area contributed by atoms with Crippen molar-refractivity contribution in [3.63, 3.8) is 0 Å². The molecule has 1 unspecified atom stereocenters. The molecule has 1 atom stereocenters. The van der Waals surface area contributed by atoms with Crippen LogP contribution in [0.1, 0.15) is 16.8 Å². The van der Waals surface area contributed by atoms with Crippen molar-refractivity contribution in [2.45, 2.75) is 12.5 Å². The number of nitrogens with zero attached hydrogens (tertiary/aromatic N) is 5. The summed E-state index contributed by atoms with van der Waals surface area (Å²) >= 11 is 1.32. The molecule has 0 aliphatic carbocycles. The van der Waals surface area contributed by atoms with E-state index in [2.05, 4.69) is 15.0 Å². The lowest BCUT2D eigenvalue weighted by atomic mass is 10.2. The predicted octanol–water partition coefficient (Wildman–Crippen LogP) is 0.473. The Morgan fingerprint density at radius 1 is 1.40 bits per heavy atom. The summed E-state index contributed by atoms with van der Waals surface area (Å²) in [7, 11) is 0. The molecule has 10 heteroatoms. The van der Waals surface area contributed by atoms with Crippen LogP contribution < -0.4 is 16.1 Å². The highest BCUT2D eigenvalue weighted by Gasteiger charge is 2.23. The zero-order chi connectivity index (χ0) is 17.6. The highest BCUT2D eigenvalue weighted by Crippen LogP contribution is 2.21. The molecule has 9 nitrogen and oxygen atoms in total. The van der Waals surface area contributed by atoms with Crippen molar-refractivity contribution in [1.29, 1.82) is 0 Å². The molecule has 0 aromatic carbocycles. The van der Waals surface area contributed by atoms with Gasteiger partial charge in [0.1, 0.15) is 5.56 Å². The van der Waals surface area contributed by atoms with Crippen molar-refractivity contribution >= 4 is 34.3 Å². The Morgan fingerprint density at radius 2 is 2.24 bits per heavy atom. The first-order chi connectivity index (χ1) is 12.0. The van der Waals surface area contributed by atoms with Crippen LogP contribution in [0.15, 0.2) is 28.8 Å². The molecule has 0 amide bonds. The SMILES string of the molecule is NC1CCN(c2ncc3c(=O)c(C(=O)O)cn(-c4nccs4)c3n2)C1. The molecule has 0 saturated carbocycles. The van der Waals surface area contributed by atoms with Gasteiger partial charge >= 0.3 is 5.97 Å². The molecule has 1 aliphatic rings. The molecule has 4 heterocycles. The van der Waals surface area contributed by atoms with Crippen LogP contribution in [-0.2, 0) is 0 Å². The van der Waals surface area contributed by atoms with E-state index in [1.165, 1.54) is 28.3 Å². The smallest absolute Gasteiger partial charge is 0.341 e. The number of hydrogen-bond donors (Lipinski definition) is 2. The molecular weight excluding hydrogens is 344 g/mol. The third-order valence-corrected chi connectivity index (χ3v) is 4.87. The molecule has 1 fully saturated rings. The lowest BCUT2D eigenvalue weighted by Gasteiger charge is -2.16. The van der Waals surface area contributed by atoms with Crippen LogP contribution in [0.4, 0.5) is 5.95 Å². The van der Waals surface area contributed by atoms with E-state index in [-0.39, 0.29) is 17.0 Å². The molecule has 3 aromatic rings. The molecule has 0 bridgehead atoms. The van der Waals surface area contributed by atoms with Crippen LogP contribution >= 0.6 is 11.3 Å². The molecule has 3 N–H and O–H groups in total. The zero-order valence-electron chi connectivity index (χ0n) is 13.0. The Hall–Kier alpha value is -2.85. The number of thiazole rings is 1. The number of carboxylic acid groups (broad SMARTS) is 1. The monoisotopic (exact) mass is 358 g/mol. The number of hydrogen-bond acceptors (Lipinski definition) is 8. The summed E-state index contributed by atoms with van der Waals surface area (Å²) in [5, 5.41) is 11.7. The largest absolute Gasteiger partial charge is 0.477 e. The lowest BCUT2D eigenvalue weighted by molar-refractivity contribution is 0.0695. The molecule has 4 rings (SSSR count). The minimum atomic E-state index is -1.30. The number of aromatic carboxylic acids is 1. The number of pyridine rings is 1. The summed E-state index contributed by atoms with van der Waals surface area (Å²) in [6, 6.07) is 0.0647. The fourth-order valence-electron chi connectivity index (χ4n) is 2.86. The van der Waals surface area contributed by atoms with Crippen LogP contribution in [0, 0.1) is 0 Å². The number of fused-ring (bicyclic) bond motifs is 1. The molecule has 1 aliphatic heterocycles. The van der Waals surface area contributed by atoms with E-state index in [0.29, 0.717) is 23.3 Å². The highest BCUT2D eigenvalue weighted by molar-refractivity contribution is 7.12. The number of carbonyl (C=O) groups is 1. The predicted molar refractivity (Wildman–Crippen MR) is 92.6 cm³/mol. The van der Waals surface area contributed by atoms with Gasteiger partial charge in [-0.2, -0.15) is 4.98 Å². The van der Waals surface area contributed by atoms with E-state index in [1.54, 1.807) is 11.6 Å². The van der Waals surface area contributed by atoms with Gasteiger partial charge in [0.15, 0.2) is 10.8 Å². The Labute approximate surface area is 145 Å². The summed E-state index contributed by atoms with van der Waals surface area (Å²) < 4.78 is 1.52. The summed E-state index contributed by atoms with van der Waals surface area (Å²) in [6.45, 7) is 1.38. The fourth-order valence-corrected chi connectivity index (χ4v) is 3.47. The number of nitrogens with two attached hydrogens (primary N) is 1. The van der Waals surface area contributed by atoms with Gasteiger partial charge in [-0.1, -0.05) is 0 Å². The van der Waals surface area contributed by atoms with Gasteiger partial charge in [-0.05, 0) is 6.42 Å². The first-order valence-corrected chi connectivity index (χ1v) is 8.48. The van der Waals surface area contributed by atoms with Crippen molar-refractivity contribution in [1.82, 2.24) is 19.5 Å². The molecule has 128 valence electrons. The number of rotatable bonds is 3. The van der Waals surface area contributed by atoms with E-state index in [0.717, 1.165) is 13.0 Å². The molecule has 1 saturated heterocycles. The van der Waals surface area contributed by atoms with Crippen molar-refractivity contribution in [3.05, 3.63) is 39.8 Å². The van der Waals surface area contributed by atoms with E-state index < -0.39 is 11.4 Å². The molecule has 0 radical (unpaired) electrons. The van der Waals surface area contributed by atoms with Gasteiger partial charge in [0.25, 0.3) is 0 Å². The third kappa shape index (κ3) is 2.65. The quantitative estimate of drug-likeness (QED) is 0.692.